The van der Waals surface area contributed by atoms with Crippen LogP contribution < -0.4 is 4.74 Å². The Labute approximate surface area is 103 Å². The molecule has 0 aromatic heterocycles. The second kappa shape index (κ2) is 8.39. The fourth-order valence-corrected chi connectivity index (χ4v) is 1.26. The van der Waals surface area contributed by atoms with Gasteiger partial charge in [0, 0.05) is 6.54 Å². The van der Waals surface area contributed by atoms with Crippen LogP contribution in [0.1, 0.15) is 12.0 Å². The summed E-state index contributed by atoms with van der Waals surface area (Å²) in [6, 6.07) is 7.53. The van der Waals surface area contributed by atoms with E-state index in [1.165, 1.54) is 0 Å². The highest BCUT2D eigenvalue weighted by Crippen LogP contribution is 2.12. The van der Waals surface area contributed by atoms with Gasteiger partial charge in [0.15, 0.2) is 0 Å². The van der Waals surface area contributed by atoms with Gasteiger partial charge in [-0.3, -0.25) is 0 Å². The third-order valence-electron chi connectivity index (χ3n) is 2.12. The Morgan fingerprint density at radius 3 is 2.31 bits per heavy atom. The second-order valence-corrected chi connectivity index (χ2v) is 3.81. The van der Waals surface area contributed by atoms with Crippen molar-refractivity contribution < 1.29 is 9.84 Å². The molecule has 0 unspecified atom stereocenters. The van der Waals surface area contributed by atoms with Gasteiger partial charge >= 0.3 is 0 Å². The first-order valence-electron chi connectivity index (χ1n) is 5.19. The van der Waals surface area contributed by atoms with Gasteiger partial charge < -0.3 is 14.7 Å². The zero-order chi connectivity index (χ0) is 11.1. The lowest BCUT2D eigenvalue weighted by Gasteiger charge is -2.10. The number of rotatable bonds is 6. The van der Waals surface area contributed by atoms with Crippen LogP contribution in [-0.4, -0.2) is 37.3 Å². The highest BCUT2D eigenvalue weighted by molar-refractivity contribution is 5.85. The molecule has 92 valence electrons. The van der Waals surface area contributed by atoms with Gasteiger partial charge in [-0.05, 0) is 38.2 Å². The Bertz CT molecular complexity index is 275. The van der Waals surface area contributed by atoms with Crippen LogP contribution in [0, 0.1) is 0 Å². The Morgan fingerprint density at radius 2 is 1.81 bits per heavy atom. The van der Waals surface area contributed by atoms with Crippen molar-refractivity contribution in [2.45, 2.75) is 13.0 Å². The number of hydrogen-bond acceptors (Lipinski definition) is 3. The van der Waals surface area contributed by atoms with Crippen molar-refractivity contribution in [3.63, 3.8) is 0 Å². The molecular weight excluding hydrogens is 226 g/mol. The predicted molar refractivity (Wildman–Crippen MR) is 68.3 cm³/mol. The van der Waals surface area contributed by atoms with Crippen molar-refractivity contribution in [3.8, 4) is 5.75 Å². The summed E-state index contributed by atoms with van der Waals surface area (Å²) in [7, 11) is 4.10. The average molecular weight is 246 g/mol. The Balaban J connectivity index is 0.00000225. The third kappa shape index (κ3) is 5.95. The third-order valence-corrected chi connectivity index (χ3v) is 2.12. The smallest absolute Gasteiger partial charge is 0.119 e. The molecule has 1 rings (SSSR count). The largest absolute Gasteiger partial charge is 0.494 e. The van der Waals surface area contributed by atoms with Crippen LogP contribution >= 0.6 is 12.4 Å². The number of benzene rings is 1. The van der Waals surface area contributed by atoms with Crippen molar-refractivity contribution in [3.05, 3.63) is 29.8 Å². The first-order valence-corrected chi connectivity index (χ1v) is 5.19. The molecule has 0 aliphatic heterocycles. The Morgan fingerprint density at radius 1 is 1.19 bits per heavy atom. The van der Waals surface area contributed by atoms with Gasteiger partial charge in [-0.2, -0.15) is 0 Å². The second-order valence-electron chi connectivity index (χ2n) is 3.81. The minimum absolute atomic E-state index is 0. The predicted octanol–water partition coefficient (Wildman–Crippen LogP) is 1.93. The van der Waals surface area contributed by atoms with E-state index in [1.54, 1.807) is 0 Å². The maximum atomic E-state index is 8.86. The number of aliphatic hydroxyl groups is 1. The van der Waals surface area contributed by atoms with E-state index in [9.17, 15) is 0 Å². The molecule has 0 saturated carbocycles. The molecule has 1 aromatic rings. The minimum Gasteiger partial charge on any atom is -0.494 e. The maximum Gasteiger partial charge on any atom is 0.119 e. The first kappa shape index (κ1) is 15.2. The molecule has 4 heteroatoms. The molecule has 0 spiro atoms. The minimum atomic E-state index is 0. The summed E-state index contributed by atoms with van der Waals surface area (Å²) in [6.45, 7) is 1.85. The van der Waals surface area contributed by atoms with Gasteiger partial charge in [-0.15, -0.1) is 12.4 Å². The van der Waals surface area contributed by atoms with Crippen molar-refractivity contribution >= 4 is 12.4 Å². The number of halogens is 1. The van der Waals surface area contributed by atoms with Gasteiger partial charge in [0.2, 0.25) is 0 Å². The molecule has 0 radical (unpaired) electrons. The zero-order valence-electron chi connectivity index (χ0n) is 9.85. The highest BCUT2D eigenvalue weighted by atomic mass is 35.5. The Kier molecular flexibility index (Phi) is 7.99. The van der Waals surface area contributed by atoms with Gasteiger partial charge in [0.1, 0.15) is 5.75 Å². The SMILES string of the molecule is CN(C)CCCOc1ccc(CO)cc1.Cl. The maximum absolute atomic E-state index is 8.86. The lowest BCUT2D eigenvalue weighted by molar-refractivity contribution is 0.277. The molecule has 0 aliphatic carbocycles. The molecular formula is C12H20ClNO2. The van der Waals surface area contributed by atoms with E-state index < -0.39 is 0 Å². The fourth-order valence-electron chi connectivity index (χ4n) is 1.26. The van der Waals surface area contributed by atoms with E-state index in [-0.39, 0.29) is 19.0 Å². The van der Waals surface area contributed by atoms with Crippen LogP contribution in [0.2, 0.25) is 0 Å². The van der Waals surface area contributed by atoms with Gasteiger partial charge in [-0.25, -0.2) is 0 Å². The molecule has 16 heavy (non-hydrogen) atoms. The summed E-state index contributed by atoms with van der Waals surface area (Å²) < 4.78 is 5.55. The fraction of sp³-hybridized carbons (Fsp3) is 0.500. The molecule has 0 atom stereocenters. The molecule has 1 N–H and O–H groups in total. The van der Waals surface area contributed by atoms with E-state index in [2.05, 4.69) is 19.0 Å². The lowest BCUT2D eigenvalue weighted by atomic mass is 10.2. The molecule has 1 aromatic carbocycles. The van der Waals surface area contributed by atoms with Crippen LogP contribution in [0.3, 0.4) is 0 Å². The van der Waals surface area contributed by atoms with Crippen molar-refractivity contribution in [1.82, 2.24) is 4.90 Å². The molecule has 0 saturated heterocycles. The molecule has 0 amide bonds. The van der Waals surface area contributed by atoms with Crippen LogP contribution in [0.4, 0.5) is 0 Å². The van der Waals surface area contributed by atoms with Gasteiger partial charge in [0.25, 0.3) is 0 Å². The summed E-state index contributed by atoms with van der Waals surface area (Å²) in [4.78, 5) is 2.14. The molecule has 0 aliphatic rings. The number of aliphatic hydroxyl groups excluding tert-OH is 1. The quantitative estimate of drug-likeness (QED) is 0.778. The zero-order valence-corrected chi connectivity index (χ0v) is 10.7. The normalized spacial score (nSPS) is 10.0. The monoisotopic (exact) mass is 245 g/mol. The van der Waals surface area contributed by atoms with E-state index in [0.717, 1.165) is 30.9 Å². The summed E-state index contributed by atoms with van der Waals surface area (Å²) in [6.07, 6.45) is 1.02. The molecule has 0 heterocycles. The van der Waals surface area contributed by atoms with Crippen LogP contribution in [0.25, 0.3) is 0 Å². The summed E-state index contributed by atoms with van der Waals surface area (Å²) >= 11 is 0. The number of hydrogen-bond donors (Lipinski definition) is 1. The number of ether oxygens (including phenoxy) is 1. The summed E-state index contributed by atoms with van der Waals surface area (Å²) in [5.74, 6) is 0.867. The van der Waals surface area contributed by atoms with E-state index in [4.69, 9.17) is 9.84 Å². The van der Waals surface area contributed by atoms with Crippen molar-refractivity contribution in [2.24, 2.45) is 0 Å². The molecule has 0 fully saturated rings. The van der Waals surface area contributed by atoms with Crippen LogP contribution in [0.5, 0.6) is 5.75 Å². The first-order chi connectivity index (χ1) is 7.22. The lowest BCUT2D eigenvalue weighted by Crippen LogP contribution is -2.15. The van der Waals surface area contributed by atoms with Crippen molar-refractivity contribution in [2.75, 3.05) is 27.2 Å². The summed E-state index contributed by atoms with van der Waals surface area (Å²) in [5.41, 5.74) is 0.913. The van der Waals surface area contributed by atoms with Gasteiger partial charge in [-0.1, -0.05) is 12.1 Å². The molecule has 0 bridgehead atoms. The Hall–Kier alpha value is -0.770. The van der Waals surface area contributed by atoms with E-state index >= 15 is 0 Å². The summed E-state index contributed by atoms with van der Waals surface area (Å²) in [5, 5.41) is 8.86. The van der Waals surface area contributed by atoms with Crippen LogP contribution in [0.15, 0.2) is 24.3 Å². The van der Waals surface area contributed by atoms with Crippen LogP contribution in [-0.2, 0) is 6.61 Å². The standard InChI is InChI=1S/C12H19NO2.ClH/c1-13(2)8-3-9-15-12-6-4-11(10-14)5-7-12;/h4-7,14H,3,8-10H2,1-2H3;1H. The van der Waals surface area contributed by atoms with Crippen molar-refractivity contribution in [1.29, 1.82) is 0 Å². The highest BCUT2D eigenvalue weighted by Gasteiger charge is 1.95. The van der Waals surface area contributed by atoms with E-state index in [1.807, 2.05) is 24.3 Å². The molecule has 3 nitrogen and oxygen atoms in total. The van der Waals surface area contributed by atoms with Gasteiger partial charge in [0.05, 0.1) is 13.2 Å². The number of nitrogens with zero attached hydrogens (tertiary/aromatic N) is 1. The topological polar surface area (TPSA) is 32.7 Å². The average Bonchev–Trinajstić information content (AvgIpc) is 2.25. The van der Waals surface area contributed by atoms with E-state index in [0.29, 0.717) is 0 Å².